The Hall–Kier alpha value is -1.81. The van der Waals surface area contributed by atoms with Crippen LogP contribution in [0.25, 0.3) is 10.9 Å². The molecule has 2 rings (SSSR count). The van der Waals surface area contributed by atoms with Crippen molar-refractivity contribution < 1.29 is 4.79 Å². The van der Waals surface area contributed by atoms with Gasteiger partial charge < -0.3 is 15.6 Å². The molecule has 0 aliphatic carbocycles. The van der Waals surface area contributed by atoms with E-state index in [1.54, 1.807) is 4.90 Å². The van der Waals surface area contributed by atoms with Gasteiger partial charge in [-0.3, -0.25) is 4.79 Å². The zero-order valence-electron chi connectivity index (χ0n) is 11.4. The van der Waals surface area contributed by atoms with Gasteiger partial charge in [-0.1, -0.05) is 18.2 Å². The number of aromatic nitrogens is 1. The maximum absolute atomic E-state index is 12.0. The lowest BCUT2D eigenvalue weighted by Gasteiger charge is -2.16. The fourth-order valence-corrected chi connectivity index (χ4v) is 2.22. The number of nitrogens with two attached hydrogens (primary N) is 1. The molecule has 4 nitrogen and oxygen atoms in total. The first-order valence-electron chi connectivity index (χ1n) is 6.71. The van der Waals surface area contributed by atoms with Crippen LogP contribution >= 0.6 is 0 Å². The molecule has 4 heteroatoms. The van der Waals surface area contributed by atoms with Gasteiger partial charge in [-0.25, -0.2) is 0 Å². The van der Waals surface area contributed by atoms with Crippen LogP contribution in [0, 0.1) is 0 Å². The fourth-order valence-electron chi connectivity index (χ4n) is 2.22. The molecule has 0 bridgehead atoms. The fraction of sp³-hybridized carbons (Fsp3) is 0.400. The summed E-state index contributed by atoms with van der Waals surface area (Å²) >= 11 is 0. The van der Waals surface area contributed by atoms with E-state index < -0.39 is 0 Å². The molecule has 0 fully saturated rings. The highest BCUT2D eigenvalue weighted by Gasteiger charge is 2.10. The van der Waals surface area contributed by atoms with Crippen LogP contribution < -0.4 is 5.73 Å². The maximum Gasteiger partial charge on any atom is 0.222 e. The molecule has 0 aliphatic heterocycles. The molecule has 0 saturated carbocycles. The van der Waals surface area contributed by atoms with E-state index in [0.717, 1.165) is 24.9 Å². The SMILES string of the molecule is CN(CCCN)C(=O)CCc1c[nH]c2ccccc12. The Kier molecular flexibility index (Phi) is 4.58. The molecule has 0 aliphatic rings. The smallest absolute Gasteiger partial charge is 0.222 e. The Bertz CT molecular complexity index is 547. The summed E-state index contributed by atoms with van der Waals surface area (Å²) in [4.78, 5) is 17.0. The number of aryl methyl sites for hydroxylation is 1. The summed E-state index contributed by atoms with van der Waals surface area (Å²) < 4.78 is 0. The molecular formula is C15H21N3O. The van der Waals surface area contributed by atoms with E-state index in [0.29, 0.717) is 13.0 Å². The minimum atomic E-state index is 0.179. The molecule has 1 aromatic heterocycles. The van der Waals surface area contributed by atoms with E-state index in [4.69, 9.17) is 5.73 Å². The van der Waals surface area contributed by atoms with E-state index in [2.05, 4.69) is 11.1 Å². The summed E-state index contributed by atoms with van der Waals surface area (Å²) in [6.45, 7) is 1.36. The van der Waals surface area contributed by atoms with Crippen LogP contribution in [0.5, 0.6) is 0 Å². The van der Waals surface area contributed by atoms with Crippen molar-refractivity contribution in [3.05, 3.63) is 36.0 Å². The van der Waals surface area contributed by atoms with Gasteiger partial charge in [-0.05, 0) is 31.0 Å². The number of nitrogens with one attached hydrogen (secondary N) is 1. The molecule has 19 heavy (non-hydrogen) atoms. The Morgan fingerprint density at radius 1 is 1.37 bits per heavy atom. The van der Waals surface area contributed by atoms with Crippen LogP contribution in [0.4, 0.5) is 0 Å². The first kappa shape index (κ1) is 13.6. The van der Waals surface area contributed by atoms with E-state index >= 15 is 0 Å². The number of aromatic amines is 1. The second-order valence-electron chi connectivity index (χ2n) is 4.82. The van der Waals surface area contributed by atoms with Crippen molar-refractivity contribution in [2.75, 3.05) is 20.1 Å². The lowest BCUT2D eigenvalue weighted by molar-refractivity contribution is -0.129. The zero-order valence-corrected chi connectivity index (χ0v) is 11.4. The molecule has 0 saturated heterocycles. The molecule has 0 radical (unpaired) electrons. The van der Waals surface area contributed by atoms with Gasteiger partial charge in [-0.2, -0.15) is 0 Å². The highest BCUT2D eigenvalue weighted by molar-refractivity contribution is 5.84. The quantitative estimate of drug-likeness (QED) is 0.832. The molecule has 2 aromatic rings. The molecule has 0 atom stereocenters. The second kappa shape index (κ2) is 6.38. The van der Waals surface area contributed by atoms with Gasteiger partial charge in [0.15, 0.2) is 0 Å². The standard InChI is InChI=1S/C15H21N3O/c1-18(10-4-9-16)15(19)8-7-12-11-17-14-6-3-2-5-13(12)14/h2-3,5-6,11,17H,4,7-10,16H2,1H3. The topological polar surface area (TPSA) is 62.1 Å². The molecule has 0 unspecified atom stereocenters. The number of amides is 1. The first-order chi connectivity index (χ1) is 9.22. The zero-order chi connectivity index (χ0) is 13.7. The van der Waals surface area contributed by atoms with Gasteiger partial charge in [0.25, 0.3) is 0 Å². The number of fused-ring (bicyclic) bond motifs is 1. The third-order valence-corrected chi connectivity index (χ3v) is 3.41. The molecule has 1 heterocycles. The highest BCUT2D eigenvalue weighted by Crippen LogP contribution is 2.19. The van der Waals surface area contributed by atoms with Crippen molar-refractivity contribution in [2.24, 2.45) is 5.73 Å². The normalized spacial score (nSPS) is 10.8. The lowest BCUT2D eigenvalue weighted by atomic mass is 10.1. The third kappa shape index (κ3) is 3.35. The van der Waals surface area contributed by atoms with Gasteiger partial charge in [0, 0.05) is 37.1 Å². The van der Waals surface area contributed by atoms with Crippen LogP contribution in [-0.4, -0.2) is 35.9 Å². The number of hydrogen-bond acceptors (Lipinski definition) is 2. The second-order valence-corrected chi connectivity index (χ2v) is 4.82. The summed E-state index contributed by atoms with van der Waals surface area (Å²) in [6.07, 6.45) is 4.17. The summed E-state index contributed by atoms with van der Waals surface area (Å²) in [5.41, 5.74) is 7.78. The number of hydrogen-bond donors (Lipinski definition) is 2. The number of rotatable bonds is 6. The Morgan fingerprint density at radius 2 is 2.16 bits per heavy atom. The van der Waals surface area contributed by atoms with E-state index in [9.17, 15) is 4.79 Å². The average Bonchev–Trinajstić information content (AvgIpc) is 2.85. The van der Waals surface area contributed by atoms with Gasteiger partial charge >= 0.3 is 0 Å². The van der Waals surface area contributed by atoms with Crippen molar-refractivity contribution in [3.8, 4) is 0 Å². The number of benzene rings is 1. The number of nitrogens with zero attached hydrogens (tertiary/aromatic N) is 1. The number of H-pyrrole nitrogens is 1. The summed E-state index contributed by atoms with van der Waals surface area (Å²) in [7, 11) is 1.84. The molecule has 102 valence electrons. The van der Waals surface area contributed by atoms with Crippen molar-refractivity contribution in [1.29, 1.82) is 0 Å². The van der Waals surface area contributed by atoms with Crippen molar-refractivity contribution in [2.45, 2.75) is 19.3 Å². The molecule has 1 amide bonds. The predicted molar refractivity (Wildman–Crippen MR) is 77.9 cm³/mol. The van der Waals surface area contributed by atoms with Crippen LogP contribution in [-0.2, 0) is 11.2 Å². The largest absolute Gasteiger partial charge is 0.361 e. The summed E-state index contributed by atoms with van der Waals surface area (Å²) in [6, 6.07) is 8.17. The highest BCUT2D eigenvalue weighted by atomic mass is 16.2. The lowest BCUT2D eigenvalue weighted by Crippen LogP contribution is -2.29. The van der Waals surface area contributed by atoms with Gasteiger partial charge in [0.05, 0.1) is 0 Å². The minimum Gasteiger partial charge on any atom is -0.361 e. The van der Waals surface area contributed by atoms with Gasteiger partial charge in [0.1, 0.15) is 0 Å². The number of carbonyl (C=O) groups is 1. The summed E-state index contributed by atoms with van der Waals surface area (Å²) in [5, 5.41) is 1.21. The minimum absolute atomic E-state index is 0.179. The Morgan fingerprint density at radius 3 is 2.95 bits per heavy atom. The van der Waals surface area contributed by atoms with Crippen LogP contribution in [0.15, 0.2) is 30.5 Å². The van der Waals surface area contributed by atoms with Crippen LogP contribution in [0.1, 0.15) is 18.4 Å². The monoisotopic (exact) mass is 259 g/mol. The van der Waals surface area contributed by atoms with E-state index in [-0.39, 0.29) is 5.91 Å². The summed E-state index contributed by atoms with van der Waals surface area (Å²) in [5.74, 6) is 0.179. The van der Waals surface area contributed by atoms with E-state index in [1.165, 1.54) is 10.9 Å². The van der Waals surface area contributed by atoms with Crippen molar-refractivity contribution in [1.82, 2.24) is 9.88 Å². The Labute approximate surface area is 113 Å². The number of carbonyl (C=O) groups excluding carboxylic acids is 1. The number of para-hydroxylation sites is 1. The molecular weight excluding hydrogens is 238 g/mol. The predicted octanol–water partition coefficient (Wildman–Crippen LogP) is 1.91. The molecule has 0 spiro atoms. The van der Waals surface area contributed by atoms with Crippen molar-refractivity contribution >= 4 is 16.8 Å². The van der Waals surface area contributed by atoms with E-state index in [1.807, 2.05) is 31.4 Å². The average molecular weight is 259 g/mol. The molecule has 3 N–H and O–H groups in total. The van der Waals surface area contributed by atoms with Crippen LogP contribution in [0.2, 0.25) is 0 Å². The Balaban J connectivity index is 1.93. The van der Waals surface area contributed by atoms with Crippen LogP contribution in [0.3, 0.4) is 0 Å². The van der Waals surface area contributed by atoms with Gasteiger partial charge in [-0.15, -0.1) is 0 Å². The third-order valence-electron chi connectivity index (χ3n) is 3.41. The molecule has 1 aromatic carbocycles. The van der Waals surface area contributed by atoms with Crippen molar-refractivity contribution in [3.63, 3.8) is 0 Å². The maximum atomic E-state index is 12.0. The first-order valence-corrected chi connectivity index (χ1v) is 6.71. The van der Waals surface area contributed by atoms with Gasteiger partial charge in [0.2, 0.25) is 5.91 Å².